The minimum atomic E-state index is -0.604. The van der Waals surface area contributed by atoms with Crippen LogP contribution in [0.1, 0.15) is 25.8 Å². The summed E-state index contributed by atoms with van der Waals surface area (Å²) in [5.41, 5.74) is 1.41. The molecule has 0 saturated heterocycles. The predicted molar refractivity (Wildman–Crippen MR) is 108 cm³/mol. The van der Waals surface area contributed by atoms with Crippen molar-refractivity contribution in [1.82, 2.24) is 0 Å². The Morgan fingerprint density at radius 2 is 1.79 bits per heavy atom. The molecule has 28 heavy (non-hydrogen) atoms. The van der Waals surface area contributed by atoms with E-state index in [0.29, 0.717) is 30.4 Å². The Kier molecular flexibility index (Phi) is 8.59. The van der Waals surface area contributed by atoms with Crippen molar-refractivity contribution < 1.29 is 23.8 Å². The van der Waals surface area contributed by atoms with E-state index in [0.717, 1.165) is 12.0 Å². The first-order valence-corrected chi connectivity index (χ1v) is 9.21. The number of nitrogens with one attached hydrogen (secondary N) is 1. The Bertz CT molecular complexity index is 802. The van der Waals surface area contributed by atoms with Crippen molar-refractivity contribution in [1.29, 1.82) is 0 Å². The molecule has 6 heteroatoms. The fraction of sp³-hybridized carbons (Fsp3) is 0.273. The van der Waals surface area contributed by atoms with Gasteiger partial charge in [0.25, 0.3) is 5.91 Å². The van der Waals surface area contributed by atoms with Crippen molar-refractivity contribution in [3.8, 4) is 11.5 Å². The number of hydrogen-bond donors (Lipinski definition) is 1. The van der Waals surface area contributed by atoms with E-state index >= 15 is 0 Å². The van der Waals surface area contributed by atoms with Gasteiger partial charge in [-0.05, 0) is 49.2 Å². The summed E-state index contributed by atoms with van der Waals surface area (Å²) < 4.78 is 16.2. The molecule has 0 fully saturated rings. The minimum absolute atomic E-state index is 0.355. The van der Waals surface area contributed by atoms with Crippen molar-refractivity contribution >= 4 is 23.6 Å². The molecule has 148 valence electrons. The zero-order valence-electron chi connectivity index (χ0n) is 16.1. The highest BCUT2D eigenvalue weighted by Crippen LogP contribution is 2.29. The third-order valence-corrected chi connectivity index (χ3v) is 3.54. The van der Waals surface area contributed by atoms with Gasteiger partial charge in [0.2, 0.25) is 0 Å². The SMILES string of the molecule is CCCOc1ccc(/C=C/C(=O)OCC(=O)Nc2ccccc2)cc1OCC. The average molecular weight is 383 g/mol. The number of benzene rings is 2. The molecule has 0 aliphatic carbocycles. The number of carbonyl (C=O) groups excluding carboxylic acids is 2. The fourth-order valence-electron chi connectivity index (χ4n) is 2.30. The van der Waals surface area contributed by atoms with Gasteiger partial charge in [0, 0.05) is 11.8 Å². The second-order valence-electron chi connectivity index (χ2n) is 5.84. The molecule has 0 aliphatic rings. The van der Waals surface area contributed by atoms with Gasteiger partial charge in [0.1, 0.15) is 0 Å². The molecule has 0 saturated carbocycles. The summed E-state index contributed by atoms with van der Waals surface area (Å²) in [4.78, 5) is 23.6. The lowest BCUT2D eigenvalue weighted by molar-refractivity contribution is -0.142. The van der Waals surface area contributed by atoms with E-state index in [9.17, 15) is 9.59 Å². The highest BCUT2D eigenvalue weighted by atomic mass is 16.5. The molecule has 0 spiro atoms. The van der Waals surface area contributed by atoms with E-state index in [1.165, 1.54) is 6.08 Å². The van der Waals surface area contributed by atoms with E-state index < -0.39 is 11.9 Å². The molecule has 1 N–H and O–H groups in total. The fourth-order valence-corrected chi connectivity index (χ4v) is 2.30. The van der Waals surface area contributed by atoms with E-state index in [2.05, 4.69) is 5.32 Å². The van der Waals surface area contributed by atoms with Crippen LogP contribution in [0.5, 0.6) is 11.5 Å². The zero-order valence-corrected chi connectivity index (χ0v) is 16.1. The van der Waals surface area contributed by atoms with Gasteiger partial charge in [-0.15, -0.1) is 0 Å². The van der Waals surface area contributed by atoms with E-state index in [1.54, 1.807) is 42.5 Å². The molecule has 2 aromatic rings. The molecule has 0 aromatic heterocycles. The second kappa shape index (κ2) is 11.4. The van der Waals surface area contributed by atoms with E-state index in [4.69, 9.17) is 14.2 Å². The smallest absolute Gasteiger partial charge is 0.331 e. The van der Waals surface area contributed by atoms with Crippen LogP contribution in [0.2, 0.25) is 0 Å². The summed E-state index contributed by atoms with van der Waals surface area (Å²) in [7, 11) is 0. The molecule has 6 nitrogen and oxygen atoms in total. The van der Waals surface area contributed by atoms with Crippen molar-refractivity contribution in [2.45, 2.75) is 20.3 Å². The summed E-state index contributed by atoms with van der Waals surface area (Å²) in [6, 6.07) is 14.4. The highest BCUT2D eigenvalue weighted by molar-refractivity contribution is 5.94. The van der Waals surface area contributed by atoms with E-state index in [1.807, 2.05) is 26.0 Å². The summed E-state index contributed by atoms with van der Waals surface area (Å²) in [5, 5.41) is 2.64. The third kappa shape index (κ3) is 7.15. The number of ether oxygens (including phenoxy) is 3. The lowest BCUT2D eigenvalue weighted by Crippen LogP contribution is -2.20. The van der Waals surface area contributed by atoms with Crippen molar-refractivity contribution in [2.24, 2.45) is 0 Å². The topological polar surface area (TPSA) is 73.9 Å². The number of hydrogen-bond acceptors (Lipinski definition) is 5. The standard InChI is InChI=1S/C22H25NO5/c1-3-14-27-19-12-10-17(15-20(19)26-4-2)11-13-22(25)28-16-21(24)23-18-8-6-5-7-9-18/h5-13,15H,3-4,14,16H2,1-2H3,(H,23,24)/b13-11+. The van der Waals surface area contributed by atoms with Gasteiger partial charge in [0.15, 0.2) is 18.1 Å². The van der Waals surface area contributed by atoms with Gasteiger partial charge in [-0.25, -0.2) is 4.79 Å². The lowest BCUT2D eigenvalue weighted by Gasteiger charge is -2.12. The van der Waals surface area contributed by atoms with Crippen LogP contribution in [0.25, 0.3) is 6.08 Å². The third-order valence-electron chi connectivity index (χ3n) is 3.54. The first-order chi connectivity index (χ1) is 13.6. The Hall–Kier alpha value is -3.28. The molecule has 2 rings (SSSR count). The molecule has 1 amide bonds. The quantitative estimate of drug-likeness (QED) is 0.494. The van der Waals surface area contributed by atoms with Crippen molar-refractivity contribution in [3.63, 3.8) is 0 Å². The van der Waals surface area contributed by atoms with Crippen LogP contribution in [0.15, 0.2) is 54.6 Å². The van der Waals surface area contributed by atoms with Gasteiger partial charge < -0.3 is 19.5 Å². The molecule has 0 bridgehead atoms. The molecule has 0 unspecified atom stereocenters. The Morgan fingerprint density at radius 3 is 2.50 bits per heavy atom. The van der Waals surface area contributed by atoms with Crippen LogP contribution in [0.3, 0.4) is 0 Å². The molecule has 0 heterocycles. The second-order valence-corrected chi connectivity index (χ2v) is 5.84. The number of para-hydroxylation sites is 1. The Morgan fingerprint density at radius 1 is 1.00 bits per heavy atom. The largest absolute Gasteiger partial charge is 0.490 e. The number of anilines is 1. The van der Waals surface area contributed by atoms with Crippen LogP contribution in [-0.2, 0) is 14.3 Å². The first-order valence-electron chi connectivity index (χ1n) is 9.21. The maximum Gasteiger partial charge on any atom is 0.331 e. The summed E-state index contributed by atoms with van der Waals surface area (Å²) in [6.07, 6.45) is 3.77. The number of amides is 1. The first kappa shape index (κ1) is 21.0. The molecule has 0 atom stereocenters. The molecule has 0 radical (unpaired) electrons. The summed E-state index contributed by atoms with van der Waals surface area (Å²) in [5.74, 6) is 0.284. The maximum absolute atomic E-state index is 11.8. The molecule has 0 aliphatic heterocycles. The van der Waals surface area contributed by atoms with Crippen LogP contribution in [0.4, 0.5) is 5.69 Å². The molecule has 2 aromatic carbocycles. The van der Waals surface area contributed by atoms with Crippen molar-refractivity contribution in [3.05, 3.63) is 60.2 Å². The van der Waals surface area contributed by atoms with Crippen molar-refractivity contribution in [2.75, 3.05) is 25.1 Å². The zero-order chi connectivity index (χ0) is 20.2. The molecular formula is C22H25NO5. The normalized spacial score (nSPS) is 10.5. The highest BCUT2D eigenvalue weighted by Gasteiger charge is 2.07. The number of carbonyl (C=O) groups is 2. The predicted octanol–water partition coefficient (Wildman–Crippen LogP) is 4.07. The van der Waals surface area contributed by atoms with Crippen LogP contribution >= 0.6 is 0 Å². The number of esters is 1. The van der Waals surface area contributed by atoms with Gasteiger partial charge in [-0.2, -0.15) is 0 Å². The van der Waals surface area contributed by atoms with Gasteiger partial charge >= 0.3 is 5.97 Å². The van der Waals surface area contributed by atoms with Gasteiger partial charge in [-0.1, -0.05) is 31.2 Å². The van der Waals surface area contributed by atoms with E-state index in [-0.39, 0.29) is 6.61 Å². The van der Waals surface area contributed by atoms with Crippen LogP contribution in [0, 0.1) is 0 Å². The number of rotatable bonds is 10. The Balaban J connectivity index is 1.88. The summed E-state index contributed by atoms with van der Waals surface area (Å²) in [6.45, 7) is 4.68. The van der Waals surface area contributed by atoms with Gasteiger partial charge in [-0.3, -0.25) is 4.79 Å². The minimum Gasteiger partial charge on any atom is -0.490 e. The summed E-state index contributed by atoms with van der Waals surface area (Å²) >= 11 is 0. The Labute approximate surface area is 165 Å². The maximum atomic E-state index is 11.8. The van der Waals surface area contributed by atoms with Gasteiger partial charge in [0.05, 0.1) is 13.2 Å². The lowest BCUT2D eigenvalue weighted by atomic mass is 10.2. The van der Waals surface area contributed by atoms with Crippen LogP contribution < -0.4 is 14.8 Å². The average Bonchev–Trinajstić information content (AvgIpc) is 2.71. The molecular weight excluding hydrogens is 358 g/mol. The van der Waals surface area contributed by atoms with Crippen LogP contribution in [-0.4, -0.2) is 31.7 Å². The monoisotopic (exact) mass is 383 g/mol.